The minimum Gasteiger partial charge on any atom is -0.388 e. The van der Waals surface area contributed by atoms with Gasteiger partial charge < -0.3 is 10.0 Å². The smallest absolute Gasteiger partial charge is 0.229 e. The molecule has 0 radical (unpaired) electrons. The van der Waals surface area contributed by atoms with Crippen molar-refractivity contribution in [3.63, 3.8) is 0 Å². The number of nitrogens with zero attached hydrogens (tertiary/aromatic N) is 1. The van der Waals surface area contributed by atoms with Crippen molar-refractivity contribution in [3.05, 3.63) is 42.0 Å². The van der Waals surface area contributed by atoms with Gasteiger partial charge in [0.2, 0.25) is 5.91 Å². The highest BCUT2D eigenvalue weighted by molar-refractivity contribution is 6.01. The predicted molar refractivity (Wildman–Crippen MR) is 66.9 cm³/mol. The van der Waals surface area contributed by atoms with E-state index in [0.29, 0.717) is 0 Å². The zero-order valence-corrected chi connectivity index (χ0v) is 9.55. The van der Waals surface area contributed by atoms with E-state index in [0.717, 1.165) is 22.0 Å². The van der Waals surface area contributed by atoms with E-state index >= 15 is 0 Å². The topological polar surface area (TPSA) is 40.5 Å². The molecule has 1 aliphatic rings. The van der Waals surface area contributed by atoms with Crippen LogP contribution in [0.15, 0.2) is 36.4 Å². The molecule has 1 amide bonds. The first-order valence-corrected chi connectivity index (χ1v) is 5.65. The Morgan fingerprint density at radius 3 is 2.82 bits per heavy atom. The van der Waals surface area contributed by atoms with Crippen LogP contribution in [0.4, 0.5) is 5.69 Å². The second-order valence-corrected chi connectivity index (χ2v) is 4.39. The number of amides is 1. The lowest BCUT2D eigenvalue weighted by Crippen LogP contribution is -2.33. The number of carbonyl (C=O) groups is 1. The summed E-state index contributed by atoms with van der Waals surface area (Å²) < 4.78 is 0. The number of benzene rings is 2. The molecular weight excluding hydrogens is 214 g/mol. The predicted octanol–water partition coefficient (Wildman–Crippen LogP) is 2.24. The highest BCUT2D eigenvalue weighted by atomic mass is 16.3. The number of anilines is 1. The molecule has 3 heteroatoms. The molecule has 1 aliphatic heterocycles. The minimum atomic E-state index is -0.695. The average Bonchev–Trinajstić information content (AvgIpc) is 2.35. The van der Waals surface area contributed by atoms with Gasteiger partial charge in [-0.15, -0.1) is 0 Å². The van der Waals surface area contributed by atoms with Crippen molar-refractivity contribution in [2.75, 3.05) is 11.9 Å². The first-order valence-electron chi connectivity index (χ1n) is 5.65. The molecule has 3 rings (SSSR count). The normalized spacial score (nSPS) is 19.5. The Morgan fingerprint density at radius 2 is 2.00 bits per heavy atom. The molecule has 1 heterocycles. The number of rotatable bonds is 0. The summed E-state index contributed by atoms with van der Waals surface area (Å²) in [6.07, 6.45) is -0.530. The highest BCUT2D eigenvalue weighted by Gasteiger charge is 2.29. The average molecular weight is 227 g/mol. The molecule has 0 aromatic heterocycles. The molecule has 1 atom stereocenters. The second-order valence-electron chi connectivity index (χ2n) is 4.39. The van der Waals surface area contributed by atoms with Gasteiger partial charge in [-0.3, -0.25) is 4.79 Å². The van der Waals surface area contributed by atoms with Crippen molar-refractivity contribution in [3.8, 4) is 0 Å². The maximum atomic E-state index is 11.7. The summed E-state index contributed by atoms with van der Waals surface area (Å²) in [5, 5.41) is 12.2. The van der Waals surface area contributed by atoms with Gasteiger partial charge >= 0.3 is 0 Å². The molecule has 17 heavy (non-hydrogen) atoms. The quantitative estimate of drug-likeness (QED) is 0.749. The number of aliphatic hydroxyl groups excluding tert-OH is 1. The van der Waals surface area contributed by atoms with Crippen LogP contribution in [0.1, 0.15) is 18.1 Å². The Balaban J connectivity index is 2.35. The van der Waals surface area contributed by atoms with Crippen LogP contribution in [-0.4, -0.2) is 18.1 Å². The number of hydrogen-bond donors (Lipinski definition) is 1. The number of carbonyl (C=O) groups excluding carboxylic acids is 1. The molecule has 3 nitrogen and oxygen atoms in total. The second kappa shape index (κ2) is 3.57. The fourth-order valence-electron chi connectivity index (χ4n) is 2.47. The summed E-state index contributed by atoms with van der Waals surface area (Å²) in [5.74, 6) is -0.0414. The van der Waals surface area contributed by atoms with Gasteiger partial charge in [0.1, 0.15) is 0 Å². The van der Waals surface area contributed by atoms with Gasteiger partial charge in [-0.25, -0.2) is 0 Å². The summed E-state index contributed by atoms with van der Waals surface area (Å²) in [4.78, 5) is 13.3. The minimum absolute atomic E-state index is 0.0414. The van der Waals surface area contributed by atoms with Gasteiger partial charge in [0, 0.05) is 18.3 Å². The van der Waals surface area contributed by atoms with Crippen LogP contribution >= 0.6 is 0 Å². The lowest BCUT2D eigenvalue weighted by atomic mass is 9.93. The van der Waals surface area contributed by atoms with Crippen molar-refractivity contribution >= 4 is 22.4 Å². The molecule has 1 N–H and O–H groups in total. The highest BCUT2D eigenvalue weighted by Crippen LogP contribution is 2.38. The molecular formula is C14H13NO2. The fourth-order valence-corrected chi connectivity index (χ4v) is 2.47. The summed E-state index contributed by atoms with van der Waals surface area (Å²) >= 11 is 0. The monoisotopic (exact) mass is 227 g/mol. The van der Waals surface area contributed by atoms with Crippen molar-refractivity contribution < 1.29 is 9.90 Å². The summed E-state index contributed by atoms with van der Waals surface area (Å²) in [7, 11) is 1.75. The van der Waals surface area contributed by atoms with E-state index in [1.165, 1.54) is 0 Å². The van der Waals surface area contributed by atoms with E-state index in [2.05, 4.69) is 0 Å². The van der Waals surface area contributed by atoms with Gasteiger partial charge in [0.15, 0.2) is 0 Å². The van der Waals surface area contributed by atoms with Crippen LogP contribution < -0.4 is 4.90 Å². The van der Waals surface area contributed by atoms with Crippen LogP contribution in [0.25, 0.3) is 10.8 Å². The summed E-state index contributed by atoms with van der Waals surface area (Å²) in [5.41, 5.74) is 1.68. The van der Waals surface area contributed by atoms with E-state index in [1.54, 1.807) is 11.9 Å². The molecule has 0 spiro atoms. The molecule has 0 aliphatic carbocycles. The van der Waals surface area contributed by atoms with Gasteiger partial charge in [0.05, 0.1) is 12.5 Å². The van der Waals surface area contributed by atoms with Gasteiger partial charge in [-0.1, -0.05) is 30.3 Å². The summed E-state index contributed by atoms with van der Waals surface area (Å²) in [6, 6.07) is 11.8. The number of hydrogen-bond acceptors (Lipinski definition) is 2. The van der Waals surface area contributed by atoms with Gasteiger partial charge in [-0.05, 0) is 16.8 Å². The number of fused-ring (bicyclic) bond motifs is 3. The molecule has 0 saturated heterocycles. The van der Waals surface area contributed by atoms with E-state index in [4.69, 9.17) is 0 Å². The maximum absolute atomic E-state index is 11.7. The van der Waals surface area contributed by atoms with Crippen LogP contribution in [0.5, 0.6) is 0 Å². The fraction of sp³-hybridized carbons (Fsp3) is 0.214. The maximum Gasteiger partial charge on any atom is 0.229 e. The van der Waals surface area contributed by atoms with Crippen LogP contribution in [0, 0.1) is 0 Å². The lowest BCUT2D eigenvalue weighted by molar-refractivity contribution is -0.120. The van der Waals surface area contributed by atoms with Crippen molar-refractivity contribution in [1.29, 1.82) is 0 Å². The van der Waals surface area contributed by atoms with Crippen LogP contribution in [-0.2, 0) is 4.79 Å². The Morgan fingerprint density at radius 1 is 1.24 bits per heavy atom. The van der Waals surface area contributed by atoms with E-state index in [-0.39, 0.29) is 12.3 Å². The largest absolute Gasteiger partial charge is 0.388 e. The van der Waals surface area contributed by atoms with Crippen molar-refractivity contribution in [1.82, 2.24) is 0 Å². The summed E-state index contributed by atoms with van der Waals surface area (Å²) in [6.45, 7) is 0. The van der Waals surface area contributed by atoms with Gasteiger partial charge in [-0.2, -0.15) is 0 Å². The third-order valence-corrected chi connectivity index (χ3v) is 3.38. The van der Waals surface area contributed by atoms with Crippen molar-refractivity contribution in [2.45, 2.75) is 12.5 Å². The van der Waals surface area contributed by atoms with Crippen LogP contribution in [0.2, 0.25) is 0 Å². The van der Waals surface area contributed by atoms with Gasteiger partial charge in [0.25, 0.3) is 0 Å². The third kappa shape index (κ3) is 1.43. The van der Waals surface area contributed by atoms with E-state index in [1.807, 2.05) is 36.4 Å². The Kier molecular flexibility index (Phi) is 2.16. The Labute approximate surface area is 99.3 Å². The molecule has 2 aromatic rings. The SMILES string of the molecule is CN1C(=O)CC(O)c2c1ccc1ccccc21. The molecule has 86 valence electrons. The molecule has 0 fully saturated rings. The zero-order valence-electron chi connectivity index (χ0n) is 9.55. The third-order valence-electron chi connectivity index (χ3n) is 3.38. The Hall–Kier alpha value is -1.87. The first-order chi connectivity index (χ1) is 8.18. The standard InChI is InChI=1S/C14H13NO2/c1-15-11-7-6-9-4-2-3-5-10(9)14(11)12(16)8-13(15)17/h2-7,12,16H,8H2,1H3. The molecule has 1 unspecified atom stereocenters. The molecule has 2 aromatic carbocycles. The van der Waals surface area contributed by atoms with E-state index < -0.39 is 6.10 Å². The zero-order chi connectivity index (χ0) is 12.0. The van der Waals surface area contributed by atoms with E-state index in [9.17, 15) is 9.90 Å². The molecule has 0 bridgehead atoms. The number of aliphatic hydroxyl groups is 1. The van der Waals surface area contributed by atoms with Crippen molar-refractivity contribution in [2.24, 2.45) is 0 Å². The Bertz CT molecular complexity index is 606. The molecule has 0 saturated carbocycles. The first kappa shape index (κ1) is 10.3. The lowest BCUT2D eigenvalue weighted by Gasteiger charge is -2.30. The van der Waals surface area contributed by atoms with Crippen LogP contribution in [0.3, 0.4) is 0 Å².